The SMILES string of the molecule is CCOC(=O)C(C)(C)C(=O)CC1CC1. The van der Waals surface area contributed by atoms with Crippen molar-refractivity contribution in [1.29, 1.82) is 0 Å². The second kappa shape index (κ2) is 4.11. The molecule has 1 aliphatic rings. The molecule has 1 fully saturated rings. The van der Waals surface area contributed by atoms with Gasteiger partial charge >= 0.3 is 5.97 Å². The van der Waals surface area contributed by atoms with E-state index in [1.807, 2.05) is 0 Å². The summed E-state index contributed by atoms with van der Waals surface area (Å²) >= 11 is 0. The molecule has 0 aromatic carbocycles. The molecule has 1 saturated carbocycles. The zero-order chi connectivity index (χ0) is 10.8. The third-order valence-corrected chi connectivity index (χ3v) is 2.65. The number of carbonyl (C=O) groups is 2. The average molecular weight is 198 g/mol. The summed E-state index contributed by atoms with van der Waals surface area (Å²) in [7, 11) is 0. The Morgan fingerprint density at radius 2 is 1.93 bits per heavy atom. The minimum absolute atomic E-state index is 0.0125. The summed E-state index contributed by atoms with van der Waals surface area (Å²) in [4.78, 5) is 23.2. The highest BCUT2D eigenvalue weighted by Crippen LogP contribution is 2.35. The normalized spacial score (nSPS) is 16.5. The lowest BCUT2D eigenvalue weighted by Gasteiger charge is -2.20. The molecule has 1 rings (SSSR count). The van der Waals surface area contributed by atoms with Gasteiger partial charge in [0.2, 0.25) is 0 Å². The molecule has 0 aromatic heterocycles. The molecule has 1 aliphatic carbocycles. The molecule has 0 radical (unpaired) electrons. The molecule has 0 N–H and O–H groups in total. The topological polar surface area (TPSA) is 43.4 Å². The van der Waals surface area contributed by atoms with E-state index in [1.165, 1.54) is 0 Å². The van der Waals surface area contributed by atoms with Crippen LogP contribution in [0.4, 0.5) is 0 Å². The fraction of sp³-hybridized carbons (Fsp3) is 0.818. The summed E-state index contributed by atoms with van der Waals surface area (Å²) < 4.78 is 4.87. The Bertz CT molecular complexity index is 239. The van der Waals surface area contributed by atoms with Gasteiger partial charge in [-0.15, -0.1) is 0 Å². The van der Waals surface area contributed by atoms with Crippen LogP contribution in [0.5, 0.6) is 0 Å². The van der Waals surface area contributed by atoms with Crippen molar-refractivity contribution in [2.75, 3.05) is 6.61 Å². The minimum Gasteiger partial charge on any atom is -0.465 e. The van der Waals surface area contributed by atoms with Gasteiger partial charge in [0, 0.05) is 6.42 Å². The average Bonchev–Trinajstić information content (AvgIpc) is 2.88. The summed E-state index contributed by atoms with van der Waals surface area (Å²) in [5.74, 6) is 0.139. The van der Waals surface area contributed by atoms with Gasteiger partial charge in [0.05, 0.1) is 6.61 Å². The molecule has 0 spiro atoms. The number of carbonyl (C=O) groups excluding carboxylic acids is 2. The van der Waals surface area contributed by atoms with E-state index < -0.39 is 11.4 Å². The summed E-state index contributed by atoms with van der Waals surface area (Å²) in [5, 5.41) is 0. The number of esters is 1. The van der Waals surface area contributed by atoms with Gasteiger partial charge in [0.25, 0.3) is 0 Å². The van der Waals surface area contributed by atoms with Gasteiger partial charge in [0.15, 0.2) is 0 Å². The molecular weight excluding hydrogens is 180 g/mol. The van der Waals surface area contributed by atoms with Gasteiger partial charge in [-0.05, 0) is 39.5 Å². The minimum atomic E-state index is -0.960. The molecule has 0 amide bonds. The van der Waals surface area contributed by atoms with Crippen LogP contribution in [0.3, 0.4) is 0 Å². The van der Waals surface area contributed by atoms with E-state index in [9.17, 15) is 9.59 Å². The van der Waals surface area contributed by atoms with Crippen LogP contribution >= 0.6 is 0 Å². The molecule has 3 nitrogen and oxygen atoms in total. The smallest absolute Gasteiger partial charge is 0.319 e. The Morgan fingerprint density at radius 3 is 2.36 bits per heavy atom. The summed E-state index contributed by atoms with van der Waals surface area (Å²) in [6, 6.07) is 0. The van der Waals surface area contributed by atoms with Gasteiger partial charge in [0.1, 0.15) is 11.2 Å². The first-order chi connectivity index (χ1) is 6.48. The second-order valence-electron chi connectivity index (χ2n) is 4.42. The van der Waals surface area contributed by atoms with Crippen molar-refractivity contribution < 1.29 is 14.3 Å². The Kier molecular flexibility index (Phi) is 3.29. The Labute approximate surface area is 84.8 Å². The zero-order valence-corrected chi connectivity index (χ0v) is 9.13. The molecule has 0 aliphatic heterocycles. The van der Waals surface area contributed by atoms with Crippen LogP contribution in [-0.4, -0.2) is 18.4 Å². The molecule has 0 saturated heterocycles. The van der Waals surface area contributed by atoms with E-state index >= 15 is 0 Å². The van der Waals surface area contributed by atoms with E-state index in [4.69, 9.17) is 4.74 Å². The van der Waals surface area contributed by atoms with Crippen LogP contribution in [0.2, 0.25) is 0 Å². The molecule has 0 bridgehead atoms. The highest BCUT2D eigenvalue weighted by atomic mass is 16.5. The Balaban J connectivity index is 2.52. The van der Waals surface area contributed by atoms with Crippen LogP contribution in [0.1, 0.15) is 40.0 Å². The third kappa shape index (κ3) is 2.56. The van der Waals surface area contributed by atoms with Gasteiger partial charge < -0.3 is 4.74 Å². The third-order valence-electron chi connectivity index (χ3n) is 2.65. The predicted molar refractivity (Wildman–Crippen MR) is 52.8 cm³/mol. The van der Waals surface area contributed by atoms with Crippen molar-refractivity contribution >= 4 is 11.8 Å². The molecule has 80 valence electrons. The van der Waals surface area contributed by atoms with E-state index in [1.54, 1.807) is 20.8 Å². The maximum atomic E-state index is 11.7. The zero-order valence-electron chi connectivity index (χ0n) is 9.13. The van der Waals surface area contributed by atoms with E-state index in [-0.39, 0.29) is 5.78 Å². The maximum absolute atomic E-state index is 11.7. The number of hydrogen-bond donors (Lipinski definition) is 0. The molecule has 3 heteroatoms. The number of ether oxygens (including phenoxy) is 1. The Hall–Kier alpha value is -0.860. The fourth-order valence-electron chi connectivity index (χ4n) is 1.26. The first kappa shape index (κ1) is 11.2. The van der Waals surface area contributed by atoms with E-state index in [2.05, 4.69) is 0 Å². The monoisotopic (exact) mass is 198 g/mol. The standard InChI is InChI=1S/C11H18O3/c1-4-14-10(13)11(2,3)9(12)7-8-5-6-8/h8H,4-7H2,1-3H3. The first-order valence-electron chi connectivity index (χ1n) is 5.19. The molecule has 0 unspecified atom stereocenters. The number of Topliss-reactive ketones (excluding diaryl/α,β-unsaturated/α-hetero) is 1. The molecule has 14 heavy (non-hydrogen) atoms. The molecule has 0 heterocycles. The van der Waals surface area contributed by atoms with Crippen molar-refractivity contribution in [3.05, 3.63) is 0 Å². The lowest BCUT2D eigenvalue weighted by molar-refractivity contribution is -0.158. The predicted octanol–water partition coefficient (Wildman–Crippen LogP) is 1.94. The first-order valence-corrected chi connectivity index (χ1v) is 5.19. The van der Waals surface area contributed by atoms with Crippen LogP contribution in [0, 0.1) is 11.3 Å². The largest absolute Gasteiger partial charge is 0.465 e. The molecule has 0 aromatic rings. The summed E-state index contributed by atoms with van der Waals surface area (Å²) in [5.41, 5.74) is -0.960. The highest BCUT2D eigenvalue weighted by molar-refractivity contribution is 6.03. The van der Waals surface area contributed by atoms with Gasteiger partial charge in [-0.1, -0.05) is 0 Å². The van der Waals surface area contributed by atoms with E-state index in [0.29, 0.717) is 18.9 Å². The molecule has 0 atom stereocenters. The summed E-state index contributed by atoms with van der Waals surface area (Å²) in [6.07, 6.45) is 2.79. The second-order valence-corrected chi connectivity index (χ2v) is 4.42. The summed E-state index contributed by atoms with van der Waals surface area (Å²) in [6.45, 7) is 5.38. The number of hydrogen-bond acceptors (Lipinski definition) is 3. The van der Waals surface area contributed by atoms with Crippen LogP contribution < -0.4 is 0 Å². The van der Waals surface area contributed by atoms with Crippen molar-refractivity contribution in [3.63, 3.8) is 0 Å². The van der Waals surface area contributed by atoms with Crippen molar-refractivity contribution in [2.24, 2.45) is 11.3 Å². The van der Waals surface area contributed by atoms with Crippen molar-refractivity contribution in [2.45, 2.75) is 40.0 Å². The lowest BCUT2D eigenvalue weighted by atomic mass is 9.85. The van der Waals surface area contributed by atoms with E-state index in [0.717, 1.165) is 12.8 Å². The lowest BCUT2D eigenvalue weighted by Crippen LogP contribution is -2.35. The quantitative estimate of drug-likeness (QED) is 0.501. The van der Waals surface area contributed by atoms with Gasteiger partial charge in [-0.2, -0.15) is 0 Å². The van der Waals surface area contributed by atoms with Gasteiger partial charge in [-0.25, -0.2) is 0 Å². The molecular formula is C11H18O3. The number of ketones is 1. The van der Waals surface area contributed by atoms with Crippen molar-refractivity contribution in [3.8, 4) is 0 Å². The van der Waals surface area contributed by atoms with Crippen LogP contribution in [-0.2, 0) is 14.3 Å². The van der Waals surface area contributed by atoms with Crippen LogP contribution in [0.15, 0.2) is 0 Å². The highest BCUT2D eigenvalue weighted by Gasteiger charge is 2.39. The fourth-order valence-corrected chi connectivity index (χ4v) is 1.26. The van der Waals surface area contributed by atoms with Gasteiger partial charge in [-0.3, -0.25) is 9.59 Å². The maximum Gasteiger partial charge on any atom is 0.319 e. The van der Waals surface area contributed by atoms with Crippen molar-refractivity contribution in [1.82, 2.24) is 0 Å². The van der Waals surface area contributed by atoms with Crippen LogP contribution in [0.25, 0.3) is 0 Å². The Morgan fingerprint density at radius 1 is 1.36 bits per heavy atom. The number of rotatable bonds is 5.